The number of nitrogens with two attached hydrogens (primary N) is 1. The molecule has 0 saturated carbocycles. The molecule has 0 aromatic heterocycles. The quantitative estimate of drug-likeness (QED) is 0.188. The van der Waals surface area contributed by atoms with E-state index in [1.54, 1.807) is 51.3 Å². The van der Waals surface area contributed by atoms with E-state index in [4.69, 9.17) is 5.73 Å². The molecule has 4 atom stereocenters. The number of nitrogens with one attached hydrogen (secondary N) is 1. The van der Waals surface area contributed by atoms with Gasteiger partial charge in [0.1, 0.15) is 22.8 Å². The maximum atomic E-state index is 14.1. The fourth-order valence-electron chi connectivity index (χ4n) is 6.86. The van der Waals surface area contributed by atoms with Crippen LogP contribution in [0.25, 0.3) is 0 Å². The average molecular weight is 665 g/mol. The topological polar surface area (TPSA) is 211 Å². The van der Waals surface area contributed by atoms with E-state index in [0.29, 0.717) is 11.3 Å². The van der Waals surface area contributed by atoms with Crippen LogP contribution < -0.4 is 15.4 Å². The van der Waals surface area contributed by atoms with Crippen LogP contribution in [0.2, 0.25) is 0 Å². The number of allylic oxidation sites excluding steroid dienone is 1. The number of ketones is 2. The summed E-state index contributed by atoms with van der Waals surface area (Å²) in [5.74, 6) is -2.09. The number of rotatable bonds is 6. The van der Waals surface area contributed by atoms with E-state index >= 15 is 0 Å². The fraction of sp³-hybridized carbons (Fsp3) is 0.364. The van der Waals surface area contributed by atoms with Crippen molar-refractivity contribution in [3.8, 4) is 17.6 Å². The van der Waals surface area contributed by atoms with Crippen LogP contribution >= 0.6 is 0 Å². The third-order valence-electron chi connectivity index (χ3n) is 9.09. The Kier molecular flexibility index (Phi) is 8.48. The number of Topliss-reactive ketones (excluding diaryl/α,β-unsaturated/α-hetero) is 2. The predicted molar refractivity (Wildman–Crippen MR) is 171 cm³/mol. The Balaban J connectivity index is 1.57. The summed E-state index contributed by atoms with van der Waals surface area (Å²) in [6.45, 7) is 1.52. The van der Waals surface area contributed by atoms with Crippen LogP contribution in [-0.2, 0) is 26.0 Å². The van der Waals surface area contributed by atoms with Crippen molar-refractivity contribution in [1.29, 1.82) is 0 Å². The number of likely N-dealkylation sites (N-methyl/N-ethyl adjacent to an activating group) is 1. The Labute approximate surface area is 272 Å². The zero-order chi connectivity index (χ0) is 34.7. The molecule has 47 heavy (non-hydrogen) atoms. The van der Waals surface area contributed by atoms with Crippen molar-refractivity contribution in [2.75, 3.05) is 39.6 Å². The first-order valence-electron chi connectivity index (χ1n) is 14.7. The van der Waals surface area contributed by atoms with Gasteiger partial charge in [0.2, 0.25) is 15.8 Å². The highest BCUT2D eigenvalue weighted by Gasteiger charge is 2.63. The molecular weight excluding hydrogens is 628 g/mol. The maximum Gasteiger partial charge on any atom is 0.255 e. The summed E-state index contributed by atoms with van der Waals surface area (Å²) in [4.78, 5) is 43.1. The molecular formula is C33H36N4O9S. The SMILES string of the molecule is Cc1ccc(S(=O)(=O)NCC#Cc2cc(N(C)C)c3c(c2O)C(=O)C2=C(O)[C@]4(O)C(=O)C(C(N)=O)=C(O)C(N(C)C)[C@@H]4C[C@@H]2C3)cc1. The first-order valence-corrected chi connectivity index (χ1v) is 16.2. The number of nitrogens with zero attached hydrogens (tertiary/aromatic N) is 2. The highest BCUT2D eigenvalue weighted by atomic mass is 32.2. The molecule has 7 N–H and O–H groups in total. The summed E-state index contributed by atoms with van der Waals surface area (Å²) in [5.41, 5.74) is 3.14. The second-order valence-electron chi connectivity index (χ2n) is 12.4. The molecule has 2 aromatic rings. The maximum absolute atomic E-state index is 14.1. The highest BCUT2D eigenvalue weighted by molar-refractivity contribution is 7.89. The number of carbonyl (C=O) groups excluding carboxylic acids is 3. The van der Waals surface area contributed by atoms with Gasteiger partial charge in [0.15, 0.2) is 11.4 Å². The van der Waals surface area contributed by atoms with Gasteiger partial charge in [-0.1, -0.05) is 29.5 Å². The number of sulfonamides is 1. The minimum atomic E-state index is -3.86. The van der Waals surface area contributed by atoms with Gasteiger partial charge in [0.25, 0.3) is 5.91 Å². The van der Waals surface area contributed by atoms with Gasteiger partial charge in [0.05, 0.1) is 28.6 Å². The molecule has 248 valence electrons. The molecule has 0 aliphatic heterocycles. The van der Waals surface area contributed by atoms with E-state index in [2.05, 4.69) is 16.6 Å². The molecule has 0 spiro atoms. The van der Waals surface area contributed by atoms with Crippen molar-refractivity contribution in [2.45, 2.75) is 36.3 Å². The minimum Gasteiger partial charge on any atom is -0.510 e. The number of benzene rings is 2. The number of hydrogen-bond acceptors (Lipinski definition) is 11. The number of aromatic hydroxyl groups is 1. The summed E-state index contributed by atoms with van der Waals surface area (Å²) < 4.78 is 27.7. The second kappa shape index (κ2) is 11.8. The number of aryl methyl sites for hydroxylation is 1. The molecule has 0 saturated heterocycles. The number of aliphatic hydroxyl groups excluding tert-OH is 2. The van der Waals surface area contributed by atoms with Crippen LogP contribution in [0.4, 0.5) is 5.69 Å². The van der Waals surface area contributed by atoms with E-state index in [0.717, 1.165) is 5.56 Å². The smallest absolute Gasteiger partial charge is 0.255 e. The van der Waals surface area contributed by atoms with E-state index in [-0.39, 0.29) is 41.0 Å². The predicted octanol–water partition coefficient (Wildman–Crippen LogP) is 0.825. The van der Waals surface area contributed by atoms with Crippen molar-refractivity contribution in [3.05, 3.63) is 75.3 Å². The Morgan fingerprint density at radius 2 is 1.74 bits per heavy atom. The number of fused-ring (bicyclic) bond motifs is 3. The lowest BCUT2D eigenvalue weighted by Crippen LogP contribution is -2.63. The van der Waals surface area contributed by atoms with E-state index in [1.807, 2.05) is 6.92 Å². The number of phenolic OH excluding ortho intramolecular Hbond substituents is 1. The molecule has 0 heterocycles. The molecule has 0 fully saturated rings. The van der Waals surface area contributed by atoms with Gasteiger partial charge < -0.3 is 31.1 Å². The van der Waals surface area contributed by atoms with E-state index < -0.39 is 73.8 Å². The van der Waals surface area contributed by atoms with E-state index in [9.17, 15) is 43.2 Å². The van der Waals surface area contributed by atoms with Gasteiger partial charge >= 0.3 is 0 Å². The number of aliphatic hydroxyl groups is 3. The highest BCUT2D eigenvalue weighted by Crippen LogP contribution is 2.53. The van der Waals surface area contributed by atoms with Gasteiger partial charge in [-0.25, -0.2) is 8.42 Å². The lowest BCUT2D eigenvalue weighted by Gasteiger charge is -2.50. The number of carbonyl (C=O) groups is 3. The number of primary amides is 1. The largest absolute Gasteiger partial charge is 0.510 e. The van der Waals surface area contributed by atoms with Crippen LogP contribution in [0, 0.1) is 30.6 Å². The summed E-state index contributed by atoms with van der Waals surface area (Å²) in [5, 5.41) is 45.6. The minimum absolute atomic E-state index is 0.00607. The molecule has 14 heteroatoms. The van der Waals surface area contributed by atoms with Crippen LogP contribution in [0.1, 0.15) is 33.5 Å². The molecule has 1 unspecified atom stereocenters. The summed E-state index contributed by atoms with van der Waals surface area (Å²) >= 11 is 0. The first kappa shape index (κ1) is 33.7. The van der Waals surface area contributed by atoms with Crippen molar-refractivity contribution >= 4 is 33.2 Å². The van der Waals surface area contributed by atoms with Crippen LogP contribution in [0.3, 0.4) is 0 Å². The van der Waals surface area contributed by atoms with Crippen LogP contribution in [-0.4, -0.2) is 97.6 Å². The van der Waals surface area contributed by atoms with Gasteiger partial charge in [-0.2, -0.15) is 4.72 Å². The number of hydrogen-bond donors (Lipinski definition) is 6. The fourth-order valence-corrected chi connectivity index (χ4v) is 7.79. The Morgan fingerprint density at radius 1 is 1.11 bits per heavy atom. The summed E-state index contributed by atoms with van der Waals surface area (Å²) in [6, 6.07) is 6.73. The Bertz CT molecular complexity index is 1950. The number of phenols is 1. The van der Waals surface area contributed by atoms with Crippen molar-refractivity contribution < 1.29 is 43.2 Å². The van der Waals surface area contributed by atoms with Crippen molar-refractivity contribution in [1.82, 2.24) is 9.62 Å². The van der Waals surface area contributed by atoms with Crippen molar-refractivity contribution in [2.24, 2.45) is 17.6 Å². The lowest BCUT2D eigenvalue weighted by atomic mass is 9.58. The molecule has 3 aliphatic rings. The monoisotopic (exact) mass is 664 g/mol. The molecule has 3 aliphatic carbocycles. The third kappa shape index (κ3) is 5.35. The van der Waals surface area contributed by atoms with Crippen LogP contribution in [0.15, 0.2) is 57.9 Å². The standard InChI is InChI=1S/C33H36N4O9S/c1-16-8-10-19(11-9-16)47(45,46)35-12-6-7-17-15-22(36(2)3)20-13-18-14-21-26(37(4)5)29(40)25(32(34)43)31(42)33(21,44)30(41)23(18)28(39)24(20)27(17)38/h8-11,15,18,21,26,35,38,40-41,44H,12-14H2,1-5H3,(H2,34,43)/t18-,21-,26?,33-/m0/s1. The van der Waals surface area contributed by atoms with Gasteiger partial charge in [-0.15, -0.1) is 0 Å². The van der Waals surface area contributed by atoms with Gasteiger partial charge in [-0.05, 0) is 63.5 Å². The molecule has 13 nitrogen and oxygen atoms in total. The Morgan fingerprint density at radius 3 is 2.32 bits per heavy atom. The van der Waals surface area contributed by atoms with Crippen molar-refractivity contribution in [3.63, 3.8) is 0 Å². The lowest BCUT2D eigenvalue weighted by molar-refractivity contribution is -0.148. The Hall–Kier alpha value is -4.68. The zero-order valence-corrected chi connectivity index (χ0v) is 27.3. The molecule has 0 radical (unpaired) electrons. The number of amides is 1. The average Bonchev–Trinajstić information content (AvgIpc) is 2.97. The van der Waals surface area contributed by atoms with Crippen LogP contribution in [0.5, 0.6) is 5.75 Å². The summed E-state index contributed by atoms with van der Waals surface area (Å²) in [6.07, 6.45) is 0.0712. The second-order valence-corrected chi connectivity index (χ2v) is 14.2. The van der Waals surface area contributed by atoms with E-state index in [1.165, 1.54) is 17.0 Å². The van der Waals surface area contributed by atoms with Gasteiger partial charge in [-0.3, -0.25) is 19.3 Å². The zero-order valence-electron chi connectivity index (χ0n) is 26.5. The third-order valence-corrected chi connectivity index (χ3v) is 10.5. The molecule has 2 aromatic carbocycles. The van der Waals surface area contributed by atoms with Gasteiger partial charge in [0, 0.05) is 31.3 Å². The summed E-state index contributed by atoms with van der Waals surface area (Å²) in [7, 11) is 2.71. The molecule has 1 amide bonds. The first-order chi connectivity index (χ1) is 21.9. The molecule has 0 bridgehead atoms. The normalized spacial score (nSPS) is 23.9. The number of anilines is 1. The molecule has 5 rings (SSSR count).